The second-order valence-corrected chi connectivity index (χ2v) is 5.91. The first kappa shape index (κ1) is 15.8. The zero-order chi connectivity index (χ0) is 16.2. The molecule has 3 N–H and O–H groups in total. The van der Waals surface area contributed by atoms with Crippen molar-refractivity contribution in [3.8, 4) is 5.75 Å². The van der Waals surface area contributed by atoms with E-state index >= 15 is 0 Å². The van der Waals surface area contributed by atoms with E-state index in [1.165, 1.54) is 5.56 Å². The first-order chi connectivity index (χ1) is 10.4. The number of ether oxygens (including phenoxy) is 1. The lowest BCUT2D eigenvalue weighted by atomic mass is 9.87. The van der Waals surface area contributed by atoms with Gasteiger partial charge in [-0.3, -0.25) is 9.78 Å². The van der Waals surface area contributed by atoms with Crippen molar-refractivity contribution < 1.29 is 9.53 Å². The van der Waals surface area contributed by atoms with Gasteiger partial charge in [0.25, 0.3) is 5.91 Å². The summed E-state index contributed by atoms with van der Waals surface area (Å²) >= 11 is 0. The molecule has 22 heavy (non-hydrogen) atoms. The molecular weight excluding hydrogens is 284 g/mol. The van der Waals surface area contributed by atoms with Crippen LogP contribution in [-0.4, -0.2) is 34.2 Å². The molecule has 0 radical (unpaired) electrons. The number of hydrogen-bond acceptors (Lipinski definition) is 4. The molecule has 1 aromatic carbocycles. The number of carbonyl (C=O) groups excluding carboxylic acids is 1. The fraction of sp³-hybridized carbons (Fsp3) is 0.400. The molecule has 2 aromatic rings. The van der Waals surface area contributed by atoms with Crippen LogP contribution in [0.25, 0.3) is 0 Å². The van der Waals surface area contributed by atoms with Crippen LogP contribution in [0.15, 0.2) is 29.1 Å². The van der Waals surface area contributed by atoms with E-state index in [-0.39, 0.29) is 11.2 Å². The average molecular weight is 304 g/mol. The van der Waals surface area contributed by atoms with Crippen molar-refractivity contribution in [1.82, 2.24) is 20.5 Å². The predicted molar refractivity (Wildman–Crippen MR) is 82.2 cm³/mol. The molecule has 0 fully saturated rings. The van der Waals surface area contributed by atoms with Crippen LogP contribution in [0.3, 0.4) is 0 Å². The number of nitrogens with one attached hydrogen (secondary N) is 3. The Morgan fingerprint density at radius 2 is 2.14 bits per heavy atom. The third-order valence-corrected chi connectivity index (χ3v) is 3.07. The molecule has 0 saturated carbocycles. The first-order valence-electron chi connectivity index (χ1n) is 7.02. The van der Waals surface area contributed by atoms with Crippen LogP contribution in [0, 0.1) is 0 Å². The number of hydrogen-bond donors (Lipinski definition) is 3. The van der Waals surface area contributed by atoms with Crippen molar-refractivity contribution in [1.29, 1.82) is 0 Å². The second kappa shape index (κ2) is 6.46. The summed E-state index contributed by atoms with van der Waals surface area (Å²) in [5.74, 6) is 0.264. The summed E-state index contributed by atoms with van der Waals surface area (Å²) in [6.07, 6.45) is 0. The Balaban J connectivity index is 1.82. The Hall–Kier alpha value is -2.57. The van der Waals surface area contributed by atoms with Gasteiger partial charge in [0.05, 0.1) is 6.54 Å². The van der Waals surface area contributed by atoms with E-state index in [0.29, 0.717) is 13.2 Å². The third kappa shape index (κ3) is 4.21. The largest absolute Gasteiger partial charge is 0.492 e. The van der Waals surface area contributed by atoms with E-state index in [2.05, 4.69) is 47.3 Å². The smallest absolute Gasteiger partial charge is 0.341 e. The summed E-state index contributed by atoms with van der Waals surface area (Å²) in [7, 11) is 0. The molecule has 7 nitrogen and oxygen atoms in total. The van der Waals surface area contributed by atoms with Crippen LogP contribution >= 0.6 is 0 Å². The van der Waals surface area contributed by atoms with Crippen LogP contribution in [-0.2, 0) is 5.41 Å². The zero-order valence-electron chi connectivity index (χ0n) is 12.9. The van der Waals surface area contributed by atoms with Gasteiger partial charge < -0.3 is 10.1 Å². The quantitative estimate of drug-likeness (QED) is 0.723. The van der Waals surface area contributed by atoms with E-state index in [1.807, 2.05) is 18.2 Å². The molecule has 0 aliphatic carbocycles. The molecule has 0 unspecified atom stereocenters. The van der Waals surface area contributed by atoms with Crippen molar-refractivity contribution in [2.24, 2.45) is 0 Å². The summed E-state index contributed by atoms with van der Waals surface area (Å²) < 4.78 is 5.62. The highest BCUT2D eigenvalue weighted by molar-refractivity contribution is 5.90. The van der Waals surface area contributed by atoms with Crippen molar-refractivity contribution in [3.05, 3.63) is 46.1 Å². The van der Waals surface area contributed by atoms with Gasteiger partial charge in [0.15, 0.2) is 0 Å². The normalized spacial score (nSPS) is 11.2. The molecule has 1 heterocycles. The molecule has 2 rings (SSSR count). The number of H-pyrrole nitrogens is 2. The van der Waals surface area contributed by atoms with Crippen molar-refractivity contribution in [3.63, 3.8) is 0 Å². The molecule has 7 heteroatoms. The molecule has 0 aliphatic heterocycles. The number of amides is 1. The SMILES string of the molecule is CC(C)(C)c1cccc(OCCNC(=O)c2n[nH]c(=O)[nH]2)c1. The zero-order valence-corrected chi connectivity index (χ0v) is 12.9. The first-order valence-corrected chi connectivity index (χ1v) is 7.02. The van der Waals surface area contributed by atoms with Gasteiger partial charge in [-0.1, -0.05) is 32.9 Å². The predicted octanol–water partition coefficient (Wildman–Crippen LogP) is 1.20. The molecule has 0 bridgehead atoms. The Labute approximate surface area is 128 Å². The van der Waals surface area contributed by atoms with Crippen molar-refractivity contribution in [2.75, 3.05) is 13.2 Å². The minimum Gasteiger partial charge on any atom is -0.492 e. The highest BCUT2D eigenvalue weighted by atomic mass is 16.5. The summed E-state index contributed by atoms with van der Waals surface area (Å²) in [6, 6.07) is 7.88. The number of carbonyl (C=O) groups is 1. The Morgan fingerprint density at radius 1 is 1.36 bits per heavy atom. The maximum absolute atomic E-state index is 11.6. The van der Waals surface area contributed by atoms with Gasteiger partial charge in [0.1, 0.15) is 12.4 Å². The van der Waals surface area contributed by atoms with E-state index < -0.39 is 11.6 Å². The number of rotatable bonds is 5. The molecule has 118 valence electrons. The Kier molecular flexibility index (Phi) is 4.65. The van der Waals surface area contributed by atoms with Gasteiger partial charge in [0, 0.05) is 0 Å². The minimum atomic E-state index is -0.514. The summed E-state index contributed by atoms with van der Waals surface area (Å²) in [5.41, 5.74) is 0.725. The molecule has 0 aliphatic rings. The van der Waals surface area contributed by atoms with E-state index in [0.717, 1.165) is 5.75 Å². The number of nitrogens with zero attached hydrogens (tertiary/aromatic N) is 1. The maximum atomic E-state index is 11.6. The van der Waals surface area contributed by atoms with Crippen molar-refractivity contribution in [2.45, 2.75) is 26.2 Å². The van der Waals surface area contributed by atoms with Gasteiger partial charge >= 0.3 is 5.69 Å². The molecule has 0 saturated heterocycles. The lowest BCUT2D eigenvalue weighted by molar-refractivity contribution is 0.0937. The van der Waals surface area contributed by atoms with Crippen LogP contribution in [0.5, 0.6) is 5.75 Å². The molecular formula is C15H20N4O3. The van der Waals surface area contributed by atoms with Gasteiger partial charge in [-0.05, 0) is 23.1 Å². The minimum absolute atomic E-state index is 0.0419. The highest BCUT2D eigenvalue weighted by Gasteiger charge is 2.14. The molecule has 1 amide bonds. The standard InChI is InChI=1S/C15H20N4O3/c1-15(2,3)10-5-4-6-11(9-10)22-8-7-16-13(20)12-17-14(21)19-18-12/h4-6,9H,7-8H2,1-3H3,(H,16,20)(H2,17,18,19,21). The number of aromatic nitrogens is 3. The fourth-order valence-corrected chi connectivity index (χ4v) is 1.85. The Morgan fingerprint density at radius 3 is 2.77 bits per heavy atom. The topological polar surface area (TPSA) is 99.9 Å². The number of benzene rings is 1. The van der Waals surface area contributed by atoms with Gasteiger partial charge in [-0.25, -0.2) is 9.89 Å². The van der Waals surface area contributed by atoms with Crippen molar-refractivity contribution >= 4 is 5.91 Å². The third-order valence-electron chi connectivity index (χ3n) is 3.07. The molecule has 1 aromatic heterocycles. The highest BCUT2D eigenvalue weighted by Crippen LogP contribution is 2.25. The second-order valence-electron chi connectivity index (χ2n) is 5.91. The van der Waals surface area contributed by atoms with E-state index in [4.69, 9.17) is 4.74 Å². The van der Waals surface area contributed by atoms with Crippen LogP contribution in [0.1, 0.15) is 37.0 Å². The van der Waals surface area contributed by atoms with Crippen LogP contribution < -0.4 is 15.7 Å². The fourth-order valence-electron chi connectivity index (χ4n) is 1.85. The van der Waals surface area contributed by atoms with Crippen LogP contribution in [0.2, 0.25) is 0 Å². The summed E-state index contributed by atoms with van der Waals surface area (Å²) in [5, 5.41) is 8.29. The maximum Gasteiger partial charge on any atom is 0.341 e. The molecule has 0 atom stereocenters. The van der Waals surface area contributed by atoms with E-state index in [1.54, 1.807) is 0 Å². The van der Waals surface area contributed by atoms with Gasteiger partial charge in [-0.15, -0.1) is 5.10 Å². The van der Waals surface area contributed by atoms with E-state index in [9.17, 15) is 9.59 Å². The van der Waals surface area contributed by atoms with Gasteiger partial charge in [0.2, 0.25) is 5.82 Å². The van der Waals surface area contributed by atoms with Crippen LogP contribution in [0.4, 0.5) is 0 Å². The summed E-state index contributed by atoms with van der Waals surface area (Å²) in [4.78, 5) is 24.8. The summed E-state index contributed by atoms with van der Waals surface area (Å²) in [6.45, 7) is 7.05. The average Bonchev–Trinajstić information content (AvgIpc) is 2.89. The lowest BCUT2D eigenvalue weighted by Gasteiger charge is -2.19. The lowest BCUT2D eigenvalue weighted by Crippen LogP contribution is -2.29. The Bertz CT molecular complexity index is 697. The van der Waals surface area contributed by atoms with Gasteiger partial charge in [-0.2, -0.15) is 0 Å². The molecule has 0 spiro atoms. The monoisotopic (exact) mass is 304 g/mol. The number of aromatic amines is 2.